The molecule has 1 aliphatic carbocycles. The third-order valence-electron chi connectivity index (χ3n) is 3.56. The average molecular weight is 279 g/mol. The van der Waals surface area contributed by atoms with Gasteiger partial charge in [-0.2, -0.15) is 0 Å². The van der Waals surface area contributed by atoms with E-state index in [2.05, 4.69) is 51.5 Å². The summed E-state index contributed by atoms with van der Waals surface area (Å²) in [6, 6.07) is 7.14. The highest BCUT2D eigenvalue weighted by atomic mass is 79.9. The van der Waals surface area contributed by atoms with Crippen molar-refractivity contribution in [1.29, 1.82) is 0 Å². The number of rotatable bonds is 1. The van der Waals surface area contributed by atoms with Gasteiger partial charge in [0.1, 0.15) is 0 Å². The molecule has 0 saturated heterocycles. The monoisotopic (exact) mass is 278 g/mol. The van der Waals surface area contributed by atoms with Gasteiger partial charge < -0.3 is 10.3 Å². The number of aryl methyl sites for hydroxylation is 1. The molecule has 3 heteroatoms. The van der Waals surface area contributed by atoms with Gasteiger partial charge in [0, 0.05) is 27.1 Å². The molecule has 84 valence electrons. The Hall–Kier alpha value is -0.800. The van der Waals surface area contributed by atoms with Crippen molar-refractivity contribution in [2.24, 2.45) is 0 Å². The Morgan fingerprint density at radius 1 is 1.44 bits per heavy atom. The summed E-state index contributed by atoms with van der Waals surface area (Å²) in [6.07, 6.45) is 3.54. The fraction of sp³-hybridized carbons (Fsp3) is 0.385. The third kappa shape index (κ3) is 1.59. The SMILES string of the molecule is CNC1CCc2[nH]c3cc(Br)ccc3c2C1. The summed E-state index contributed by atoms with van der Waals surface area (Å²) >= 11 is 3.52. The summed E-state index contributed by atoms with van der Waals surface area (Å²) in [5.74, 6) is 0. The smallest absolute Gasteiger partial charge is 0.0470 e. The number of hydrogen-bond donors (Lipinski definition) is 2. The van der Waals surface area contributed by atoms with Crippen molar-refractivity contribution in [1.82, 2.24) is 10.3 Å². The molecule has 0 bridgehead atoms. The second-order valence-electron chi connectivity index (χ2n) is 4.50. The second kappa shape index (κ2) is 3.90. The van der Waals surface area contributed by atoms with Crippen LogP contribution in [-0.4, -0.2) is 18.1 Å². The first-order chi connectivity index (χ1) is 7.78. The fourth-order valence-electron chi connectivity index (χ4n) is 2.64. The van der Waals surface area contributed by atoms with Crippen molar-refractivity contribution in [2.75, 3.05) is 7.05 Å². The maximum absolute atomic E-state index is 3.54. The van der Waals surface area contributed by atoms with Gasteiger partial charge in [0.15, 0.2) is 0 Å². The van der Waals surface area contributed by atoms with E-state index in [0.29, 0.717) is 6.04 Å². The summed E-state index contributed by atoms with van der Waals surface area (Å²) < 4.78 is 1.14. The maximum Gasteiger partial charge on any atom is 0.0470 e. The summed E-state index contributed by atoms with van der Waals surface area (Å²) in [5.41, 5.74) is 4.20. The number of H-pyrrole nitrogens is 1. The Morgan fingerprint density at radius 2 is 2.31 bits per heavy atom. The van der Waals surface area contributed by atoms with Crippen LogP contribution in [0.4, 0.5) is 0 Å². The minimum absolute atomic E-state index is 0.634. The summed E-state index contributed by atoms with van der Waals surface area (Å²) in [6.45, 7) is 0. The van der Waals surface area contributed by atoms with E-state index >= 15 is 0 Å². The highest BCUT2D eigenvalue weighted by molar-refractivity contribution is 9.10. The molecule has 0 amide bonds. The molecule has 1 atom stereocenters. The third-order valence-corrected chi connectivity index (χ3v) is 4.05. The van der Waals surface area contributed by atoms with Gasteiger partial charge in [-0.1, -0.05) is 22.0 Å². The molecule has 1 unspecified atom stereocenters. The Morgan fingerprint density at radius 3 is 3.12 bits per heavy atom. The van der Waals surface area contributed by atoms with E-state index in [-0.39, 0.29) is 0 Å². The summed E-state index contributed by atoms with van der Waals surface area (Å²) in [4.78, 5) is 3.54. The first-order valence-electron chi connectivity index (χ1n) is 5.74. The minimum atomic E-state index is 0.634. The largest absolute Gasteiger partial charge is 0.358 e. The van der Waals surface area contributed by atoms with E-state index in [4.69, 9.17) is 0 Å². The Kier molecular flexibility index (Phi) is 2.52. The molecule has 2 aromatic rings. The number of likely N-dealkylation sites (N-methyl/N-ethyl adjacent to an activating group) is 1. The molecule has 2 nitrogen and oxygen atoms in total. The zero-order valence-electron chi connectivity index (χ0n) is 9.31. The quantitative estimate of drug-likeness (QED) is 0.825. The molecule has 0 radical (unpaired) electrons. The Labute approximate surface area is 104 Å². The Balaban J connectivity index is 2.14. The van der Waals surface area contributed by atoms with Gasteiger partial charge in [-0.25, -0.2) is 0 Å². The van der Waals surface area contributed by atoms with Crippen molar-refractivity contribution >= 4 is 26.8 Å². The lowest BCUT2D eigenvalue weighted by Gasteiger charge is -2.21. The van der Waals surface area contributed by atoms with Gasteiger partial charge >= 0.3 is 0 Å². The molecule has 3 rings (SSSR count). The van der Waals surface area contributed by atoms with Crippen LogP contribution >= 0.6 is 15.9 Å². The standard InChI is InChI=1S/C13H15BrN2/c1-15-9-3-5-12-11(7-9)10-4-2-8(14)6-13(10)16-12/h2,4,6,9,15-16H,3,5,7H2,1H3. The average Bonchev–Trinajstić information content (AvgIpc) is 2.65. The molecular weight excluding hydrogens is 264 g/mol. The highest BCUT2D eigenvalue weighted by Crippen LogP contribution is 2.30. The van der Waals surface area contributed by atoms with Crippen LogP contribution < -0.4 is 5.32 Å². The predicted molar refractivity (Wildman–Crippen MR) is 70.9 cm³/mol. The topological polar surface area (TPSA) is 27.8 Å². The number of benzene rings is 1. The van der Waals surface area contributed by atoms with Gasteiger partial charge in [0.05, 0.1) is 0 Å². The van der Waals surface area contributed by atoms with Crippen LogP contribution in [0.5, 0.6) is 0 Å². The molecule has 0 fully saturated rings. The molecule has 1 aromatic carbocycles. The van der Waals surface area contributed by atoms with Crippen LogP contribution in [0, 0.1) is 0 Å². The molecule has 0 aliphatic heterocycles. The van der Waals surface area contributed by atoms with Crippen LogP contribution in [0.2, 0.25) is 0 Å². The van der Waals surface area contributed by atoms with E-state index in [1.807, 2.05) is 0 Å². The van der Waals surface area contributed by atoms with Crippen molar-refractivity contribution in [2.45, 2.75) is 25.3 Å². The molecule has 0 saturated carbocycles. The van der Waals surface area contributed by atoms with E-state index in [1.54, 1.807) is 0 Å². The normalized spacial score (nSPS) is 20.0. The lowest BCUT2D eigenvalue weighted by Crippen LogP contribution is -2.31. The van der Waals surface area contributed by atoms with Gasteiger partial charge in [-0.3, -0.25) is 0 Å². The van der Waals surface area contributed by atoms with Crippen molar-refractivity contribution in [3.05, 3.63) is 33.9 Å². The van der Waals surface area contributed by atoms with Gasteiger partial charge in [0.25, 0.3) is 0 Å². The maximum atomic E-state index is 3.54. The zero-order chi connectivity index (χ0) is 11.1. The molecule has 1 aliphatic rings. The number of halogens is 1. The number of aromatic amines is 1. The highest BCUT2D eigenvalue weighted by Gasteiger charge is 2.21. The van der Waals surface area contributed by atoms with Crippen LogP contribution in [0.3, 0.4) is 0 Å². The summed E-state index contributed by atoms with van der Waals surface area (Å²) in [5, 5.41) is 4.77. The van der Waals surface area contributed by atoms with Crippen molar-refractivity contribution < 1.29 is 0 Å². The predicted octanol–water partition coefficient (Wildman–Crippen LogP) is 3.01. The molecule has 16 heavy (non-hydrogen) atoms. The molecule has 0 spiro atoms. The molecule has 1 aromatic heterocycles. The zero-order valence-corrected chi connectivity index (χ0v) is 10.9. The van der Waals surface area contributed by atoms with Gasteiger partial charge in [0.2, 0.25) is 0 Å². The Bertz CT molecular complexity index is 530. The number of fused-ring (bicyclic) bond motifs is 3. The molecular formula is C13H15BrN2. The van der Waals surface area contributed by atoms with Crippen LogP contribution in [0.15, 0.2) is 22.7 Å². The van der Waals surface area contributed by atoms with E-state index in [9.17, 15) is 0 Å². The van der Waals surface area contributed by atoms with Gasteiger partial charge in [-0.15, -0.1) is 0 Å². The van der Waals surface area contributed by atoms with Crippen LogP contribution in [0.1, 0.15) is 17.7 Å². The first-order valence-corrected chi connectivity index (χ1v) is 6.53. The lowest BCUT2D eigenvalue weighted by atomic mass is 9.92. The van der Waals surface area contributed by atoms with Crippen molar-refractivity contribution in [3.8, 4) is 0 Å². The van der Waals surface area contributed by atoms with Gasteiger partial charge in [-0.05, 0) is 44.0 Å². The van der Waals surface area contributed by atoms with E-state index in [0.717, 1.165) is 17.3 Å². The summed E-state index contributed by atoms with van der Waals surface area (Å²) in [7, 11) is 2.06. The lowest BCUT2D eigenvalue weighted by molar-refractivity contribution is 0.495. The molecule has 2 N–H and O–H groups in total. The van der Waals surface area contributed by atoms with Crippen LogP contribution in [-0.2, 0) is 12.8 Å². The fourth-order valence-corrected chi connectivity index (χ4v) is 3.00. The second-order valence-corrected chi connectivity index (χ2v) is 5.42. The minimum Gasteiger partial charge on any atom is -0.358 e. The first kappa shape index (κ1) is 10.4. The number of aromatic nitrogens is 1. The van der Waals surface area contributed by atoms with Crippen molar-refractivity contribution in [3.63, 3.8) is 0 Å². The number of hydrogen-bond acceptors (Lipinski definition) is 1. The molecule has 1 heterocycles. The van der Waals surface area contributed by atoms with E-state index in [1.165, 1.54) is 28.6 Å². The van der Waals surface area contributed by atoms with Crippen LogP contribution in [0.25, 0.3) is 10.9 Å². The number of nitrogens with one attached hydrogen (secondary N) is 2. The van der Waals surface area contributed by atoms with E-state index < -0.39 is 0 Å².